The number of nitrogens with one attached hydrogen (secondary N) is 1. The molecule has 190 valence electrons. The second kappa shape index (κ2) is 11.3. The predicted molar refractivity (Wildman–Crippen MR) is 136 cm³/mol. The van der Waals surface area contributed by atoms with Gasteiger partial charge in [-0.1, -0.05) is 26.0 Å². The van der Waals surface area contributed by atoms with Gasteiger partial charge in [-0.3, -0.25) is 9.59 Å². The molecule has 0 saturated heterocycles. The first-order valence-electron chi connectivity index (χ1n) is 11.3. The number of hydrogen-bond acceptors (Lipinski definition) is 7. The summed E-state index contributed by atoms with van der Waals surface area (Å²) < 4.78 is 35.7. The van der Waals surface area contributed by atoms with Crippen molar-refractivity contribution in [1.29, 1.82) is 0 Å². The van der Waals surface area contributed by atoms with E-state index in [1.54, 1.807) is 49.4 Å². The van der Waals surface area contributed by atoms with Crippen LogP contribution in [0.1, 0.15) is 51.3 Å². The van der Waals surface area contributed by atoms with E-state index in [1.165, 1.54) is 18.2 Å². The Morgan fingerprint density at radius 3 is 2.08 bits per heavy atom. The number of hydrogen-bond donors (Lipinski definition) is 2. The molecule has 0 atom stereocenters. The van der Waals surface area contributed by atoms with Crippen molar-refractivity contribution in [2.45, 2.75) is 27.4 Å². The lowest BCUT2D eigenvalue weighted by molar-refractivity contribution is 0.0980. The highest BCUT2D eigenvalue weighted by Crippen LogP contribution is 2.28. The smallest absolute Gasteiger partial charge is 0.264 e. The standard InChI is InChI=1S/C27H29NO7S/c1-17(2)15-34-22-10-12-24(25(29)14-22)26(30)23-11-9-21(13-18(23)3)35-16-19-5-7-20(8-6-19)27(31)28-36(4,32)33/h5-14,17,29H,15-16H2,1-4H3,(H,28,31). The highest BCUT2D eigenvalue weighted by Gasteiger charge is 2.17. The first-order valence-corrected chi connectivity index (χ1v) is 13.2. The van der Waals surface area contributed by atoms with Crippen molar-refractivity contribution in [3.63, 3.8) is 0 Å². The fourth-order valence-corrected chi connectivity index (χ4v) is 3.78. The number of rotatable bonds is 10. The van der Waals surface area contributed by atoms with E-state index in [9.17, 15) is 23.1 Å². The highest BCUT2D eigenvalue weighted by molar-refractivity contribution is 7.89. The first-order chi connectivity index (χ1) is 16.9. The molecule has 2 N–H and O–H groups in total. The zero-order valence-corrected chi connectivity index (χ0v) is 21.4. The average molecular weight is 512 g/mol. The van der Waals surface area contributed by atoms with Gasteiger partial charge >= 0.3 is 0 Å². The van der Waals surface area contributed by atoms with Crippen molar-refractivity contribution in [2.75, 3.05) is 12.9 Å². The number of carbonyl (C=O) groups excluding carboxylic acids is 2. The maximum atomic E-state index is 13.0. The van der Waals surface area contributed by atoms with E-state index in [1.807, 2.05) is 18.6 Å². The molecule has 0 aliphatic heterocycles. The number of ketones is 1. The lowest BCUT2D eigenvalue weighted by Crippen LogP contribution is -2.29. The summed E-state index contributed by atoms with van der Waals surface area (Å²) in [5, 5.41) is 10.4. The van der Waals surface area contributed by atoms with Crippen molar-refractivity contribution >= 4 is 21.7 Å². The minimum Gasteiger partial charge on any atom is -0.507 e. The summed E-state index contributed by atoms with van der Waals surface area (Å²) in [6, 6.07) is 16.1. The Bertz CT molecular complexity index is 1360. The molecule has 36 heavy (non-hydrogen) atoms. The molecule has 3 aromatic rings. The lowest BCUT2D eigenvalue weighted by Gasteiger charge is -2.12. The monoisotopic (exact) mass is 511 g/mol. The Kier molecular flexibility index (Phi) is 8.37. The molecule has 0 bridgehead atoms. The molecular formula is C27H29NO7S. The summed E-state index contributed by atoms with van der Waals surface area (Å²) in [5.74, 6) is 0.227. The minimum absolute atomic E-state index is 0.144. The van der Waals surface area contributed by atoms with E-state index < -0.39 is 15.9 Å². The molecule has 1 amide bonds. The van der Waals surface area contributed by atoms with Gasteiger partial charge in [-0.15, -0.1) is 0 Å². The Morgan fingerprint density at radius 1 is 0.917 bits per heavy atom. The van der Waals surface area contributed by atoms with Crippen molar-refractivity contribution < 1.29 is 32.6 Å². The Balaban J connectivity index is 1.65. The molecule has 3 rings (SSSR count). The van der Waals surface area contributed by atoms with Crippen LogP contribution in [-0.2, 0) is 16.6 Å². The topological polar surface area (TPSA) is 119 Å². The molecule has 0 aliphatic carbocycles. The molecular weight excluding hydrogens is 482 g/mol. The third kappa shape index (κ3) is 7.32. The molecule has 3 aromatic carbocycles. The van der Waals surface area contributed by atoms with E-state index in [4.69, 9.17) is 9.47 Å². The van der Waals surface area contributed by atoms with E-state index in [2.05, 4.69) is 0 Å². The van der Waals surface area contributed by atoms with Crippen LogP contribution in [-0.4, -0.2) is 38.1 Å². The fraction of sp³-hybridized carbons (Fsp3) is 0.259. The second-order valence-corrected chi connectivity index (χ2v) is 10.6. The zero-order valence-electron chi connectivity index (χ0n) is 20.6. The summed E-state index contributed by atoms with van der Waals surface area (Å²) in [6.45, 7) is 6.55. The van der Waals surface area contributed by atoms with Gasteiger partial charge in [0, 0.05) is 17.2 Å². The minimum atomic E-state index is -3.64. The van der Waals surface area contributed by atoms with Crippen molar-refractivity contribution in [3.8, 4) is 17.2 Å². The maximum Gasteiger partial charge on any atom is 0.264 e. The molecule has 0 heterocycles. The molecule has 0 saturated carbocycles. The largest absolute Gasteiger partial charge is 0.507 e. The van der Waals surface area contributed by atoms with Crippen LogP contribution in [0.15, 0.2) is 60.7 Å². The third-order valence-electron chi connectivity index (χ3n) is 5.14. The normalized spacial score (nSPS) is 11.2. The maximum absolute atomic E-state index is 13.0. The lowest BCUT2D eigenvalue weighted by atomic mass is 9.98. The number of phenolic OH excluding ortho intramolecular Hbond substituents is 1. The first kappa shape index (κ1) is 26.7. The number of sulfonamides is 1. The van der Waals surface area contributed by atoms with Crippen LogP contribution in [0.5, 0.6) is 17.2 Å². The number of ether oxygens (including phenoxy) is 2. The molecule has 0 aromatic heterocycles. The molecule has 0 radical (unpaired) electrons. The van der Waals surface area contributed by atoms with Gasteiger partial charge in [0.2, 0.25) is 10.0 Å². The fourth-order valence-electron chi connectivity index (χ4n) is 3.33. The van der Waals surface area contributed by atoms with Crippen LogP contribution < -0.4 is 14.2 Å². The van der Waals surface area contributed by atoms with Crippen molar-refractivity contribution in [1.82, 2.24) is 4.72 Å². The number of benzene rings is 3. The summed E-state index contributed by atoms with van der Waals surface area (Å²) >= 11 is 0. The quantitative estimate of drug-likeness (QED) is 0.391. The zero-order chi connectivity index (χ0) is 26.5. The van der Waals surface area contributed by atoms with Crippen LogP contribution in [0.2, 0.25) is 0 Å². The van der Waals surface area contributed by atoms with Gasteiger partial charge < -0.3 is 14.6 Å². The number of phenols is 1. The Hall–Kier alpha value is -3.85. The van der Waals surface area contributed by atoms with E-state index in [-0.39, 0.29) is 29.3 Å². The number of aryl methyl sites for hydroxylation is 1. The molecule has 9 heteroatoms. The van der Waals surface area contributed by atoms with Crippen molar-refractivity contribution in [2.24, 2.45) is 5.92 Å². The highest BCUT2D eigenvalue weighted by atomic mass is 32.2. The van der Waals surface area contributed by atoms with Gasteiger partial charge in [0.25, 0.3) is 5.91 Å². The number of aromatic hydroxyl groups is 1. The van der Waals surface area contributed by atoms with Crippen LogP contribution in [0.4, 0.5) is 0 Å². The van der Waals surface area contributed by atoms with E-state index >= 15 is 0 Å². The molecule has 0 unspecified atom stereocenters. The van der Waals surface area contributed by atoms with Crippen LogP contribution in [0, 0.1) is 12.8 Å². The summed E-state index contributed by atoms with van der Waals surface area (Å²) in [4.78, 5) is 24.9. The van der Waals surface area contributed by atoms with Gasteiger partial charge in [0.05, 0.1) is 18.4 Å². The molecule has 0 spiro atoms. The summed E-state index contributed by atoms with van der Waals surface area (Å²) in [5.41, 5.74) is 2.29. The average Bonchev–Trinajstić information content (AvgIpc) is 2.80. The predicted octanol–water partition coefficient (Wildman–Crippen LogP) is 4.23. The molecule has 0 fully saturated rings. The van der Waals surface area contributed by atoms with Crippen LogP contribution >= 0.6 is 0 Å². The van der Waals surface area contributed by atoms with Gasteiger partial charge in [0.1, 0.15) is 23.9 Å². The summed E-state index contributed by atoms with van der Waals surface area (Å²) in [6.07, 6.45) is 0.913. The van der Waals surface area contributed by atoms with E-state index in [0.29, 0.717) is 35.2 Å². The SMILES string of the molecule is Cc1cc(OCc2ccc(C(=O)NS(C)(=O)=O)cc2)ccc1C(=O)c1ccc(OCC(C)C)cc1O. The van der Waals surface area contributed by atoms with Gasteiger partial charge in [-0.25, -0.2) is 13.1 Å². The second-order valence-electron chi connectivity index (χ2n) is 8.88. The molecule has 8 nitrogen and oxygen atoms in total. The third-order valence-corrected chi connectivity index (χ3v) is 5.70. The Labute approximate surface area is 210 Å². The van der Waals surface area contributed by atoms with Gasteiger partial charge in [-0.2, -0.15) is 0 Å². The van der Waals surface area contributed by atoms with E-state index in [0.717, 1.165) is 11.8 Å². The van der Waals surface area contributed by atoms with Crippen molar-refractivity contribution in [3.05, 3.63) is 88.5 Å². The van der Waals surface area contributed by atoms with Gasteiger partial charge in [-0.05, 0) is 66.4 Å². The number of carbonyl (C=O) groups is 2. The van der Waals surface area contributed by atoms with Crippen LogP contribution in [0.3, 0.4) is 0 Å². The number of amides is 1. The Morgan fingerprint density at radius 2 is 1.53 bits per heavy atom. The van der Waals surface area contributed by atoms with Gasteiger partial charge in [0.15, 0.2) is 5.78 Å². The summed E-state index contributed by atoms with van der Waals surface area (Å²) in [7, 11) is -3.64. The molecule has 0 aliphatic rings. The van der Waals surface area contributed by atoms with Crippen LogP contribution in [0.25, 0.3) is 0 Å².